The molecule has 1 amide bonds. The van der Waals surface area contributed by atoms with Crippen LogP contribution >= 0.6 is 0 Å². The Morgan fingerprint density at radius 3 is 2.88 bits per heavy atom. The highest BCUT2D eigenvalue weighted by Crippen LogP contribution is 2.22. The van der Waals surface area contributed by atoms with Gasteiger partial charge in [-0.05, 0) is 13.0 Å². The molecule has 4 nitrogen and oxygen atoms in total. The van der Waals surface area contributed by atoms with E-state index in [9.17, 15) is 4.79 Å². The van der Waals surface area contributed by atoms with E-state index >= 15 is 0 Å². The lowest BCUT2D eigenvalue weighted by atomic mass is 10.1. The predicted molar refractivity (Wildman–Crippen MR) is 66.8 cm³/mol. The summed E-state index contributed by atoms with van der Waals surface area (Å²) in [6, 6.07) is 7.51. The third kappa shape index (κ3) is 2.03. The van der Waals surface area contributed by atoms with Crippen molar-refractivity contribution in [2.24, 2.45) is 5.73 Å². The van der Waals surface area contributed by atoms with Crippen LogP contribution in [0.3, 0.4) is 0 Å². The van der Waals surface area contributed by atoms with Crippen molar-refractivity contribution in [1.29, 1.82) is 0 Å². The summed E-state index contributed by atoms with van der Waals surface area (Å²) in [6.45, 7) is 2.36. The first kappa shape index (κ1) is 11.7. The van der Waals surface area contributed by atoms with E-state index in [4.69, 9.17) is 10.2 Å². The molecule has 1 aromatic heterocycles. The lowest BCUT2D eigenvalue weighted by molar-refractivity contribution is 0.0749. The number of amides is 1. The molecule has 2 aromatic rings. The average molecular weight is 232 g/mol. The van der Waals surface area contributed by atoms with Crippen LogP contribution < -0.4 is 5.73 Å². The molecule has 0 unspecified atom stereocenters. The molecule has 1 heterocycles. The van der Waals surface area contributed by atoms with Crippen LogP contribution in [-0.4, -0.2) is 30.4 Å². The van der Waals surface area contributed by atoms with Crippen molar-refractivity contribution < 1.29 is 9.21 Å². The first-order chi connectivity index (χ1) is 8.15. The standard InChI is InChI=1S/C13H16N2O2/c1-9(7-14)15(2)13(16)11-8-17-12-6-4-3-5-10(11)12/h3-6,8-9H,7,14H2,1-2H3/t9-/m1/s1. The van der Waals surface area contributed by atoms with Crippen molar-refractivity contribution in [3.8, 4) is 0 Å². The Morgan fingerprint density at radius 2 is 2.18 bits per heavy atom. The zero-order valence-corrected chi connectivity index (χ0v) is 10.0. The number of furan rings is 1. The summed E-state index contributed by atoms with van der Waals surface area (Å²) in [5.41, 5.74) is 6.87. The van der Waals surface area contributed by atoms with E-state index < -0.39 is 0 Å². The number of carbonyl (C=O) groups is 1. The number of nitrogens with two attached hydrogens (primary N) is 1. The van der Waals surface area contributed by atoms with Gasteiger partial charge in [-0.2, -0.15) is 0 Å². The lowest BCUT2D eigenvalue weighted by Gasteiger charge is -2.23. The summed E-state index contributed by atoms with van der Waals surface area (Å²) in [4.78, 5) is 13.9. The Bertz CT molecular complexity index is 533. The highest BCUT2D eigenvalue weighted by atomic mass is 16.3. The van der Waals surface area contributed by atoms with Gasteiger partial charge in [-0.15, -0.1) is 0 Å². The van der Waals surface area contributed by atoms with Gasteiger partial charge >= 0.3 is 0 Å². The second kappa shape index (κ2) is 4.59. The van der Waals surface area contributed by atoms with Gasteiger partial charge in [0.1, 0.15) is 11.8 Å². The van der Waals surface area contributed by atoms with Gasteiger partial charge in [0.05, 0.1) is 5.56 Å². The molecule has 90 valence electrons. The highest BCUT2D eigenvalue weighted by Gasteiger charge is 2.20. The van der Waals surface area contributed by atoms with E-state index in [1.807, 2.05) is 31.2 Å². The highest BCUT2D eigenvalue weighted by molar-refractivity contribution is 6.05. The van der Waals surface area contributed by atoms with Crippen LogP contribution in [0.25, 0.3) is 11.0 Å². The Kier molecular flexibility index (Phi) is 3.15. The Morgan fingerprint density at radius 1 is 1.47 bits per heavy atom. The molecular weight excluding hydrogens is 216 g/mol. The minimum absolute atomic E-state index is 0.0103. The molecule has 17 heavy (non-hydrogen) atoms. The van der Waals surface area contributed by atoms with Crippen molar-refractivity contribution in [3.63, 3.8) is 0 Å². The summed E-state index contributed by atoms with van der Waals surface area (Å²) in [5.74, 6) is -0.0621. The number of hydrogen-bond acceptors (Lipinski definition) is 3. The average Bonchev–Trinajstić information content (AvgIpc) is 2.79. The molecule has 0 radical (unpaired) electrons. The molecule has 0 fully saturated rings. The fraction of sp³-hybridized carbons (Fsp3) is 0.308. The SMILES string of the molecule is C[C@H](CN)N(C)C(=O)c1coc2ccccc12. The number of rotatable bonds is 3. The molecule has 0 bridgehead atoms. The van der Waals surface area contributed by atoms with Crippen LogP contribution in [0.15, 0.2) is 34.9 Å². The van der Waals surface area contributed by atoms with Crippen molar-refractivity contribution in [2.45, 2.75) is 13.0 Å². The van der Waals surface area contributed by atoms with Crippen LogP contribution in [0, 0.1) is 0 Å². The van der Waals surface area contributed by atoms with Crippen LogP contribution in [0.5, 0.6) is 0 Å². The van der Waals surface area contributed by atoms with Gasteiger partial charge in [-0.25, -0.2) is 0 Å². The fourth-order valence-electron chi connectivity index (χ4n) is 1.69. The molecular formula is C13H16N2O2. The summed E-state index contributed by atoms with van der Waals surface area (Å²) in [5, 5.41) is 0.841. The van der Waals surface area contributed by atoms with E-state index in [2.05, 4.69) is 0 Å². The number of hydrogen-bond donors (Lipinski definition) is 1. The second-order valence-corrected chi connectivity index (χ2v) is 4.15. The Hall–Kier alpha value is -1.81. The normalized spacial score (nSPS) is 12.6. The van der Waals surface area contributed by atoms with E-state index in [0.717, 1.165) is 11.0 Å². The molecule has 0 aliphatic heterocycles. The van der Waals surface area contributed by atoms with Crippen molar-refractivity contribution in [2.75, 3.05) is 13.6 Å². The fourth-order valence-corrected chi connectivity index (χ4v) is 1.69. The first-order valence-corrected chi connectivity index (χ1v) is 5.58. The minimum Gasteiger partial charge on any atom is -0.463 e. The van der Waals surface area contributed by atoms with E-state index in [-0.39, 0.29) is 11.9 Å². The van der Waals surface area contributed by atoms with E-state index in [1.54, 1.807) is 11.9 Å². The smallest absolute Gasteiger partial charge is 0.257 e. The first-order valence-electron chi connectivity index (χ1n) is 5.58. The molecule has 0 aliphatic rings. The number of likely N-dealkylation sites (N-methyl/N-ethyl adjacent to an activating group) is 1. The van der Waals surface area contributed by atoms with Gasteiger partial charge in [0.2, 0.25) is 0 Å². The topological polar surface area (TPSA) is 59.5 Å². The second-order valence-electron chi connectivity index (χ2n) is 4.15. The van der Waals surface area contributed by atoms with Gasteiger partial charge in [0, 0.05) is 25.0 Å². The summed E-state index contributed by atoms with van der Waals surface area (Å²) >= 11 is 0. The number of nitrogens with zero attached hydrogens (tertiary/aromatic N) is 1. The zero-order chi connectivity index (χ0) is 12.4. The van der Waals surface area contributed by atoms with Gasteiger partial charge in [0.25, 0.3) is 5.91 Å². The predicted octanol–water partition coefficient (Wildman–Crippen LogP) is 1.85. The van der Waals surface area contributed by atoms with Crippen molar-refractivity contribution >= 4 is 16.9 Å². The van der Waals surface area contributed by atoms with Crippen molar-refractivity contribution in [1.82, 2.24) is 4.90 Å². The molecule has 1 atom stereocenters. The maximum Gasteiger partial charge on any atom is 0.257 e. The molecule has 2 N–H and O–H groups in total. The van der Waals surface area contributed by atoms with Crippen LogP contribution in [0.2, 0.25) is 0 Å². The summed E-state index contributed by atoms with van der Waals surface area (Å²) in [6.07, 6.45) is 1.51. The quantitative estimate of drug-likeness (QED) is 0.878. The van der Waals surface area contributed by atoms with E-state index in [0.29, 0.717) is 12.1 Å². The molecule has 2 rings (SSSR count). The maximum absolute atomic E-state index is 12.2. The van der Waals surface area contributed by atoms with Gasteiger partial charge < -0.3 is 15.1 Å². The summed E-state index contributed by atoms with van der Waals surface area (Å²) in [7, 11) is 1.75. The summed E-state index contributed by atoms with van der Waals surface area (Å²) < 4.78 is 5.35. The van der Waals surface area contributed by atoms with Gasteiger partial charge in [-0.1, -0.05) is 18.2 Å². The monoisotopic (exact) mass is 232 g/mol. The maximum atomic E-state index is 12.2. The van der Waals surface area contributed by atoms with Crippen LogP contribution in [0.4, 0.5) is 0 Å². The lowest BCUT2D eigenvalue weighted by Crippen LogP contribution is -2.39. The van der Waals surface area contributed by atoms with Crippen LogP contribution in [0.1, 0.15) is 17.3 Å². The zero-order valence-electron chi connectivity index (χ0n) is 10.0. The largest absolute Gasteiger partial charge is 0.463 e. The number of benzene rings is 1. The Labute approximate surface area is 100.0 Å². The van der Waals surface area contributed by atoms with Crippen LogP contribution in [-0.2, 0) is 0 Å². The molecule has 4 heteroatoms. The van der Waals surface area contributed by atoms with Gasteiger partial charge in [0.15, 0.2) is 0 Å². The third-order valence-corrected chi connectivity index (χ3v) is 3.03. The number of carbonyl (C=O) groups excluding carboxylic acids is 1. The minimum atomic E-state index is -0.0621. The Balaban J connectivity index is 2.37. The molecule has 0 saturated heterocycles. The molecule has 0 spiro atoms. The molecule has 1 aromatic carbocycles. The number of para-hydroxylation sites is 1. The van der Waals surface area contributed by atoms with Gasteiger partial charge in [-0.3, -0.25) is 4.79 Å². The molecule has 0 aliphatic carbocycles. The number of fused-ring (bicyclic) bond motifs is 1. The molecule has 0 saturated carbocycles. The van der Waals surface area contributed by atoms with Crippen molar-refractivity contribution in [3.05, 3.63) is 36.1 Å². The van der Waals surface area contributed by atoms with E-state index in [1.165, 1.54) is 6.26 Å². The third-order valence-electron chi connectivity index (χ3n) is 3.03.